The van der Waals surface area contributed by atoms with Gasteiger partial charge in [0.25, 0.3) is 0 Å². The van der Waals surface area contributed by atoms with E-state index < -0.39 is 0 Å². The number of rotatable bonds is 6. The van der Waals surface area contributed by atoms with Gasteiger partial charge < -0.3 is 10.2 Å². The number of piperidine rings is 1. The highest BCUT2D eigenvalue weighted by atomic mass is 19.1. The van der Waals surface area contributed by atoms with Gasteiger partial charge in [0, 0.05) is 19.5 Å². The lowest BCUT2D eigenvalue weighted by molar-refractivity contribution is -0.143. The average Bonchev–Trinajstić information content (AvgIpc) is 2.68. The van der Waals surface area contributed by atoms with Gasteiger partial charge >= 0.3 is 0 Å². The molecule has 1 aliphatic heterocycles. The minimum absolute atomic E-state index is 0.0498. The van der Waals surface area contributed by atoms with Crippen LogP contribution >= 0.6 is 0 Å². The highest BCUT2D eigenvalue weighted by Crippen LogP contribution is 2.36. The third-order valence-corrected chi connectivity index (χ3v) is 5.13. The molecule has 1 saturated heterocycles. The Morgan fingerprint density at radius 2 is 1.96 bits per heavy atom. The minimum atomic E-state index is -0.280. The van der Waals surface area contributed by atoms with Crippen LogP contribution in [0.25, 0.3) is 0 Å². The van der Waals surface area contributed by atoms with E-state index in [2.05, 4.69) is 5.32 Å². The third-order valence-electron chi connectivity index (χ3n) is 5.13. The molecule has 1 fully saturated rings. The SMILES string of the molecule is CCN1C(=O)CC[C@@H](C(=O)NCCc2cccc(F)c2)[C@@H]1c1ccccc1. The highest BCUT2D eigenvalue weighted by molar-refractivity contribution is 5.85. The summed E-state index contributed by atoms with van der Waals surface area (Å²) in [5.41, 5.74) is 1.83. The van der Waals surface area contributed by atoms with E-state index in [1.807, 2.05) is 43.3 Å². The summed E-state index contributed by atoms with van der Waals surface area (Å²) in [5, 5.41) is 2.98. The summed E-state index contributed by atoms with van der Waals surface area (Å²) in [6, 6.07) is 15.9. The van der Waals surface area contributed by atoms with Gasteiger partial charge in [0.2, 0.25) is 11.8 Å². The van der Waals surface area contributed by atoms with E-state index in [-0.39, 0.29) is 29.6 Å². The van der Waals surface area contributed by atoms with Crippen molar-refractivity contribution in [2.45, 2.75) is 32.2 Å². The molecule has 2 aromatic rings. The second-order valence-electron chi connectivity index (χ2n) is 6.85. The molecule has 5 heteroatoms. The van der Waals surface area contributed by atoms with Crippen LogP contribution in [0.15, 0.2) is 54.6 Å². The van der Waals surface area contributed by atoms with Gasteiger partial charge in [0.05, 0.1) is 12.0 Å². The fourth-order valence-corrected chi connectivity index (χ4v) is 3.82. The Bertz CT molecular complexity index is 794. The largest absolute Gasteiger partial charge is 0.355 e. The number of nitrogens with one attached hydrogen (secondary N) is 1. The van der Waals surface area contributed by atoms with Gasteiger partial charge in [-0.05, 0) is 43.0 Å². The lowest BCUT2D eigenvalue weighted by Crippen LogP contribution is -2.48. The Kier molecular flexibility index (Phi) is 6.22. The fraction of sp³-hybridized carbons (Fsp3) is 0.364. The number of hydrogen-bond donors (Lipinski definition) is 1. The summed E-state index contributed by atoms with van der Waals surface area (Å²) < 4.78 is 13.3. The number of likely N-dealkylation sites (tertiary alicyclic amines) is 1. The van der Waals surface area contributed by atoms with Crippen molar-refractivity contribution < 1.29 is 14.0 Å². The smallest absolute Gasteiger partial charge is 0.225 e. The number of halogens is 1. The van der Waals surface area contributed by atoms with Crippen LogP contribution in [0, 0.1) is 11.7 Å². The normalized spacial score (nSPS) is 19.8. The van der Waals surface area contributed by atoms with Crippen molar-refractivity contribution in [3.8, 4) is 0 Å². The van der Waals surface area contributed by atoms with Crippen LogP contribution < -0.4 is 5.32 Å². The summed E-state index contributed by atoms with van der Waals surface area (Å²) in [6.45, 7) is 2.96. The molecule has 1 N–H and O–H groups in total. The van der Waals surface area contributed by atoms with Gasteiger partial charge in [0.1, 0.15) is 5.82 Å². The highest BCUT2D eigenvalue weighted by Gasteiger charge is 2.39. The lowest BCUT2D eigenvalue weighted by atomic mass is 9.83. The monoisotopic (exact) mass is 368 g/mol. The average molecular weight is 368 g/mol. The first-order valence-corrected chi connectivity index (χ1v) is 9.46. The molecule has 0 unspecified atom stereocenters. The van der Waals surface area contributed by atoms with Gasteiger partial charge in [0.15, 0.2) is 0 Å². The molecular weight excluding hydrogens is 343 g/mol. The number of carbonyl (C=O) groups excluding carboxylic acids is 2. The second-order valence-corrected chi connectivity index (χ2v) is 6.85. The van der Waals surface area contributed by atoms with E-state index >= 15 is 0 Å². The fourth-order valence-electron chi connectivity index (χ4n) is 3.82. The Balaban J connectivity index is 1.70. The van der Waals surface area contributed by atoms with Crippen molar-refractivity contribution in [3.63, 3.8) is 0 Å². The summed E-state index contributed by atoms with van der Waals surface area (Å²) in [5.74, 6) is -0.508. The molecule has 2 aromatic carbocycles. The van der Waals surface area contributed by atoms with Crippen molar-refractivity contribution in [2.75, 3.05) is 13.1 Å². The Labute approximate surface area is 159 Å². The Morgan fingerprint density at radius 3 is 2.67 bits per heavy atom. The van der Waals surface area contributed by atoms with E-state index in [4.69, 9.17) is 0 Å². The lowest BCUT2D eigenvalue weighted by Gasteiger charge is -2.40. The quantitative estimate of drug-likeness (QED) is 0.849. The molecule has 1 aliphatic rings. The van der Waals surface area contributed by atoms with Crippen LogP contribution in [-0.4, -0.2) is 29.8 Å². The zero-order valence-corrected chi connectivity index (χ0v) is 15.5. The number of benzene rings is 2. The van der Waals surface area contributed by atoms with E-state index in [1.165, 1.54) is 12.1 Å². The number of amides is 2. The molecule has 27 heavy (non-hydrogen) atoms. The van der Waals surface area contributed by atoms with E-state index in [9.17, 15) is 14.0 Å². The summed E-state index contributed by atoms with van der Waals surface area (Å²) in [7, 11) is 0. The van der Waals surface area contributed by atoms with Crippen molar-refractivity contribution in [3.05, 3.63) is 71.5 Å². The van der Waals surface area contributed by atoms with Gasteiger partial charge in [-0.3, -0.25) is 9.59 Å². The first-order valence-electron chi connectivity index (χ1n) is 9.46. The maximum Gasteiger partial charge on any atom is 0.225 e. The molecule has 0 aromatic heterocycles. The van der Waals surface area contributed by atoms with Gasteiger partial charge in [-0.25, -0.2) is 4.39 Å². The predicted molar refractivity (Wildman–Crippen MR) is 102 cm³/mol. The van der Waals surface area contributed by atoms with E-state index in [1.54, 1.807) is 11.0 Å². The minimum Gasteiger partial charge on any atom is -0.355 e. The number of carbonyl (C=O) groups is 2. The standard InChI is InChI=1S/C22H25FN2O2/c1-2-25-20(26)12-11-19(21(25)17-8-4-3-5-9-17)22(27)24-14-13-16-7-6-10-18(23)15-16/h3-10,15,19,21H,2,11-14H2,1H3,(H,24,27)/t19-,21+/m1/s1. The zero-order valence-electron chi connectivity index (χ0n) is 15.5. The van der Waals surface area contributed by atoms with E-state index in [0.717, 1.165) is 11.1 Å². The van der Waals surface area contributed by atoms with Gasteiger partial charge in [-0.2, -0.15) is 0 Å². The topological polar surface area (TPSA) is 49.4 Å². The van der Waals surface area contributed by atoms with Crippen molar-refractivity contribution in [2.24, 2.45) is 5.92 Å². The first kappa shape index (κ1) is 19.1. The van der Waals surface area contributed by atoms with Crippen LogP contribution in [0.3, 0.4) is 0 Å². The molecule has 1 heterocycles. The molecule has 2 amide bonds. The van der Waals surface area contributed by atoms with E-state index in [0.29, 0.717) is 32.4 Å². The van der Waals surface area contributed by atoms with Crippen LogP contribution in [-0.2, 0) is 16.0 Å². The second kappa shape index (κ2) is 8.80. The molecule has 0 saturated carbocycles. The molecule has 0 aliphatic carbocycles. The first-order chi connectivity index (χ1) is 13.1. The third kappa shape index (κ3) is 4.54. The van der Waals surface area contributed by atoms with Crippen LogP contribution in [0.5, 0.6) is 0 Å². The zero-order chi connectivity index (χ0) is 19.2. The van der Waals surface area contributed by atoms with Crippen molar-refractivity contribution in [1.29, 1.82) is 0 Å². The summed E-state index contributed by atoms with van der Waals surface area (Å²) in [6.07, 6.45) is 1.50. The van der Waals surface area contributed by atoms with Crippen LogP contribution in [0.1, 0.15) is 36.9 Å². The van der Waals surface area contributed by atoms with Crippen LogP contribution in [0.4, 0.5) is 4.39 Å². The molecule has 4 nitrogen and oxygen atoms in total. The summed E-state index contributed by atoms with van der Waals surface area (Å²) >= 11 is 0. The molecule has 3 rings (SSSR count). The number of nitrogens with zero attached hydrogens (tertiary/aromatic N) is 1. The molecule has 2 atom stereocenters. The maximum atomic E-state index is 13.3. The van der Waals surface area contributed by atoms with Crippen molar-refractivity contribution in [1.82, 2.24) is 10.2 Å². The molecular formula is C22H25FN2O2. The van der Waals surface area contributed by atoms with Crippen molar-refractivity contribution >= 4 is 11.8 Å². The summed E-state index contributed by atoms with van der Waals surface area (Å²) in [4.78, 5) is 27.1. The Hall–Kier alpha value is -2.69. The van der Waals surface area contributed by atoms with Crippen LogP contribution in [0.2, 0.25) is 0 Å². The van der Waals surface area contributed by atoms with Gasteiger partial charge in [-0.1, -0.05) is 42.5 Å². The molecule has 0 radical (unpaired) electrons. The molecule has 0 spiro atoms. The number of hydrogen-bond acceptors (Lipinski definition) is 2. The predicted octanol–water partition coefficient (Wildman–Crippen LogP) is 3.48. The molecule has 0 bridgehead atoms. The molecule has 142 valence electrons. The maximum absolute atomic E-state index is 13.3. The Morgan fingerprint density at radius 1 is 1.19 bits per heavy atom. The van der Waals surface area contributed by atoms with Gasteiger partial charge in [-0.15, -0.1) is 0 Å².